The third-order valence-corrected chi connectivity index (χ3v) is 3.32. The lowest BCUT2D eigenvalue weighted by molar-refractivity contribution is 0.0658. The van der Waals surface area contributed by atoms with Crippen molar-refractivity contribution in [3.63, 3.8) is 0 Å². The number of carboxylic acid groups (broad SMARTS) is 1. The van der Waals surface area contributed by atoms with Crippen molar-refractivity contribution in [2.75, 3.05) is 19.7 Å². The first-order valence-corrected chi connectivity index (χ1v) is 6.47. The van der Waals surface area contributed by atoms with Crippen molar-refractivity contribution in [1.29, 1.82) is 0 Å². The molecule has 6 nitrogen and oxygen atoms in total. The Morgan fingerprint density at radius 2 is 2.15 bits per heavy atom. The number of furan rings is 1. The first kappa shape index (κ1) is 14.2. The number of amides is 1. The van der Waals surface area contributed by atoms with Crippen molar-refractivity contribution in [2.45, 2.75) is 18.8 Å². The molecule has 0 radical (unpaired) electrons. The minimum Gasteiger partial charge on any atom is -0.475 e. The van der Waals surface area contributed by atoms with Crippen LogP contribution in [0.3, 0.4) is 0 Å². The van der Waals surface area contributed by atoms with Gasteiger partial charge in [-0.1, -0.05) is 12.7 Å². The van der Waals surface area contributed by atoms with Crippen molar-refractivity contribution in [1.82, 2.24) is 4.90 Å². The summed E-state index contributed by atoms with van der Waals surface area (Å²) in [6.07, 6.45) is 2.65. The number of carbonyl (C=O) groups excluding carboxylic acids is 1. The van der Waals surface area contributed by atoms with Gasteiger partial charge in [-0.2, -0.15) is 0 Å². The normalized spacial score (nSPS) is 15.9. The van der Waals surface area contributed by atoms with Crippen LogP contribution in [0.4, 0.5) is 4.79 Å². The monoisotopic (exact) mass is 279 g/mol. The fourth-order valence-electron chi connectivity index (χ4n) is 2.26. The molecular weight excluding hydrogens is 262 g/mol. The van der Waals surface area contributed by atoms with E-state index in [1.54, 1.807) is 11.0 Å². The standard InChI is InChI=1S/C14H17NO5/c1-2-9-19-14(18)15-7-5-10(6-8-15)11-3-4-12(20-11)13(16)17/h2-4,10H,1,5-9H2,(H,16,17). The van der Waals surface area contributed by atoms with Gasteiger partial charge < -0.3 is 19.2 Å². The quantitative estimate of drug-likeness (QED) is 0.856. The van der Waals surface area contributed by atoms with Gasteiger partial charge in [0.05, 0.1) is 0 Å². The van der Waals surface area contributed by atoms with Crippen molar-refractivity contribution in [3.8, 4) is 0 Å². The van der Waals surface area contributed by atoms with Crippen molar-refractivity contribution in [3.05, 3.63) is 36.3 Å². The summed E-state index contributed by atoms with van der Waals surface area (Å²) in [5.74, 6) is -0.303. The molecule has 0 bridgehead atoms. The van der Waals surface area contributed by atoms with Crippen LogP contribution < -0.4 is 0 Å². The zero-order chi connectivity index (χ0) is 14.5. The molecule has 20 heavy (non-hydrogen) atoms. The van der Waals surface area contributed by atoms with Gasteiger partial charge in [-0.25, -0.2) is 9.59 Å². The summed E-state index contributed by atoms with van der Waals surface area (Å²) in [6, 6.07) is 3.15. The van der Waals surface area contributed by atoms with Crippen LogP contribution in [0.5, 0.6) is 0 Å². The van der Waals surface area contributed by atoms with E-state index in [-0.39, 0.29) is 24.4 Å². The van der Waals surface area contributed by atoms with Gasteiger partial charge in [-0.3, -0.25) is 0 Å². The fraction of sp³-hybridized carbons (Fsp3) is 0.429. The summed E-state index contributed by atoms with van der Waals surface area (Å²) in [7, 11) is 0. The lowest BCUT2D eigenvalue weighted by Gasteiger charge is -2.30. The molecule has 0 atom stereocenters. The van der Waals surface area contributed by atoms with E-state index in [0.717, 1.165) is 12.8 Å². The molecule has 1 aliphatic heterocycles. The molecule has 0 aromatic carbocycles. The molecular formula is C14H17NO5. The topological polar surface area (TPSA) is 80.0 Å². The van der Waals surface area contributed by atoms with E-state index in [4.69, 9.17) is 14.3 Å². The van der Waals surface area contributed by atoms with Crippen molar-refractivity contribution in [2.24, 2.45) is 0 Å². The molecule has 2 rings (SSSR count). The SMILES string of the molecule is C=CCOC(=O)N1CCC(c2ccc(C(=O)O)o2)CC1. The van der Waals surface area contributed by atoms with E-state index in [1.807, 2.05) is 0 Å². The highest BCUT2D eigenvalue weighted by molar-refractivity contribution is 5.84. The summed E-state index contributed by atoms with van der Waals surface area (Å²) in [4.78, 5) is 24.1. The number of likely N-dealkylation sites (tertiary alicyclic amines) is 1. The number of ether oxygens (including phenoxy) is 1. The number of hydrogen-bond acceptors (Lipinski definition) is 4. The highest BCUT2D eigenvalue weighted by Crippen LogP contribution is 2.29. The molecule has 6 heteroatoms. The molecule has 108 valence electrons. The zero-order valence-corrected chi connectivity index (χ0v) is 11.1. The zero-order valence-electron chi connectivity index (χ0n) is 11.1. The molecule has 1 aromatic rings. The first-order valence-electron chi connectivity index (χ1n) is 6.47. The number of hydrogen-bond donors (Lipinski definition) is 1. The summed E-state index contributed by atoms with van der Waals surface area (Å²) in [5.41, 5.74) is 0. The van der Waals surface area contributed by atoms with Crippen LogP contribution in [0.1, 0.15) is 35.1 Å². The average Bonchev–Trinajstić information content (AvgIpc) is 2.95. The average molecular weight is 279 g/mol. The van der Waals surface area contributed by atoms with E-state index < -0.39 is 5.97 Å². The molecule has 1 aromatic heterocycles. The van der Waals surface area contributed by atoms with E-state index in [9.17, 15) is 9.59 Å². The van der Waals surface area contributed by atoms with E-state index >= 15 is 0 Å². The molecule has 0 unspecified atom stereocenters. The van der Waals surface area contributed by atoms with Gasteiger partial charge in [-0.15, -0.1) is 0 Å². The molecule has 0 spiro atoms. The minimum absolute atomic E-state index is 0.0483. The molecule has 1 amide bonds. The van der Waals surface area contributed by atoms with Gasteiger partial charge in [-0.05, 0) is 25.0 Å². The van der Waals surface area contributed by atoms with Gasteiger partial charge in [0.1, 0.15) is 12.4 Å². The number of carbonyl (C=O) groups is 2. The van der Waals surface area contributed by atoms with Crippen LogP contribution in [-0.4, -0.2) is 41.8 Å². The Hall–Kier alpha value is -2.24. The summed E-state index contributed by atoms with van der Waals surface area (Å²) in [6.45, 7) is 4.84. The van der Waals surface area contributed by atoms with Crippen LogP contribution in [0.25, 0.3) is 0 Å². The van der Waals surface area contributed by atoms with Gasteiger partial charge in [0.2, 0.25) is 5.76 Å². The Morgan fingerprint density at radius 1 is 1.45 bits per heavy atom. The van der Waals surface area contributed by atoms with Crippen LogP contribution in [0, 0.1) is 0 Å². The second-order valence-corrected chi connectivity index (χ2v) is 4.63. The van der Waals surface area contributed by atoms with Gasteiger partial charge in [0.15, 0.2) is 0 Å². The van der Waals surface area contributed by atoms with Gasteiger partial charge in [0, 0.05) is 19.0 Å². The maximum absolute atomic E-state index is 11.6. The predicted octanol–water partition coefficient (Wildman–Crippen LogP) is 2.48. The smallest absolute Gasteiger partial charge is 0.410 e. The minimum atomic E-state index is -1.07. The Morgan fingerprint density at radius 3 is 2.70 bits per heavy atom. The molecule has 0 aliphatic carbocycles. The van der Waals surface area contributed by atoms with Crippen LogP contribution in [0.15, 0.2) is 29.2 Å². The number of aromatic carboxylic acids is 1. The van der Waals surface area contributed by atoms with Crippen molar-refractivity contribution >= 4 is 12.1 Å². The Kier molecular flexibility index (Phi) is 4.45. The summed E-state index contributed by atoms with van der Waals surface area (Å²) in [5, 5.41) is 8.82. The second-order valence-electron chi connectivity index (χ2n) is 4.63. The predicted molar refractivity (Wildman–Crippen MR) is 70.8 cm³/mol. The summed E-state index contributed by atoms with van der Waals surface area (Å²) >= 11 is 0. The number of rotatable bonds is 4. The second kappa shape index (κ2) is 6.27. The Balaban J connectivity index is 1.88. The first-order chi connectivity index (χ1) is 9.61. The lowest BCUT2D eigenvalue weighted by Crippen LogP contribution is -2.38. The van der Waals surface area contributed by atoms with Gasteiger partial charge in [0.25, 0.3) is 0 Å². The van der Waals surface area contributed by atoms with E-state index in [0.29, 0.717) is 18.8 Å². The molecule has 1 fully saturated rings. The van der Waals surface area contributed by atoms with Gasteiger partial charge >= 0.3 is 12.1 Å². The third kappa shape index (κ3) is 3.20. The lowest BCUT2D eigenvalue weighted by atomic mass is 9.95. The molecule has 1 N–H and O–H groups in total. The maximum atomic E-state index is 11.6. The van der Waals surface area contributed by atoms with Crippen LogP contribution in [0.2, 0.25) is 0 Å². The molecule has 0 saturated carbocycles. The van der Waals surface area contributed by atoms with Crippen LogP contribution >= 0.6 is 0 Å². The number of nitrogens with zero attached hydrogens (tertiary/aromatic N) is 1. The number of piperidine rings is 1. The molecule has 1 saturated heterocycles. The fourth-order valence-corrected chi connectivity index (χ4v) is 2.26. The largest absolute Gasteiger partial charge is 0.475 e. The Bertz CT molecular complexity index is 499. The highest BCUT2D eigenvalue weighted by atomic mass is 16.6. The highest BCUT2D eigenvalue weighted by Gasteiger charge is 2.26. The third-order valence-electron chi connectivity index (χ3n) is 3.32. The van der Waals surface area contributed by atoms with E-state index in [2.05, 4.69) is 6.58 Å². The Labute approximate surface area is 116 Å². The molecule has 2 heterocycles. The maximum Gasteiger partial charge on any atom is 0.410 e. The summed E-state index contributed by atoms with van der Waals surface area (Å²) < 4.78 is 10.3. The van der Waals surface area contributed by atoms with E-state index in [1.165, 1.54) is 12.1 Å². The number of carboxylic acids is 1. The molecule has 1 aliphatic rings. The van der Waals surface area contributed by atoms with Crippen LogP contribution in [-0.2, 0) is 4.74 Å². The van der Waals surface area contributed by atoms with Crippen molar-refractivity contribution < 1.29 is 23.8 Å².